The molecule has 1 aliphatic carbocycles. The van der Waals surface area contributed by atoms with Crippen LogP contribution in [-0.4, -0.2) is 36.8 Å². The molecule has 0 unspecified atom stereocenters. The average Bonchev–Trinajstić information content (AvgIpc) is 2.52. The lowest BCUT2D eigenvalue weighted by Crippen LogP contribution is -2.25. The van der Waals surface area contributed by atoms with Crippen LogP contribution in [0.15, 0.2) is 24.2 Å². The third-order valence-electron chi connectivity index (χ3n) is 3.88. The van der Waals surface area contributed by atoms with Crippen molar-refractivity contribution in [1.29, 1.82) is 0 Å². The van der Waals surface area contributed by atoms with E-state index in [-0.39, 0.29) is 0 Å². The minimum atomic E-state index is 0.703. The molecule has 1 aromatic rings. The molecule has 4 heteroatoms. The maximum Gasteiger partial charge on any atom is 0.115 e. The van der Waals surface area contributed by atoms with E-state index in [0.29, 0.717) is 5.92 Å². The maximum absolute atomic E-state index is 5.08. The van der Waals surface area contributed by atoms with Gasteiger partial charge in [0.2, 0.25) is 0 Å². The predicted octanol–water partition coefficient (Wildman–Crippen LogP) is 2.68. The van der Waals surface area contributed by atoms with Crippen LogP contribution < -0.4 is 5.32 Å². The molecule has 0 bridgehead atoms. The molecule has 1 aliphatic rings. The van der Waals surface area contributed by atoms with Crippen molar-refractivity contribution in [2.24, 2.45) is 5.92 Å². The quantitative estimate of drug-likeness (QED) is 0.777. The summed E-state index contributed by atoms with van der Waals surface area (Å²) < 4.78 is 5.08. The van der Waals surface area contributed by atoms with E-state index in [1.807, 2.05) is 6.07 Å². The summed E-state index contributed by atoms with van der Waals surface area (Å²) >= 11 is 0. The van der Waals surface area contributed by atoms with Crippen LogP contribution in [0.2, 0.25) is 0 Å². The van der Waals surface area contributed by atoms with Crippen LogP contribution in [0.1, 0.15) is 37.8 Å². The minimum absolute atomic E-state index is 0.703. The van der Waals surface area contributed by atoms with E-state index in [9.17, 15) is 0 Å². The topological polar surface area (TPSA) is 47.0 Å². The van der Waals surface area contributed by atoms with Gasteiger partial charge < -0.3 is 10.1 Å². The van der Waals surface area contributed by atoms with Crippen LogP contribution in [0.5, 0.6) is 0 Å². The summed E-state index contributed by atoms with van der Waals surface area (Å²) in [7, 11) is 1.74. The zero-order valence-electron chi connectivity index (χ0n) is 12.3. The van der Waals surface area contributed by atoms with E-state index < -0.39 is 0 Å². The van der Waals surface area contributed by atoms with Gasteiger partial charge >= 0.3 is 0 Å². The Kier molecular flexibility index (Phi) is 6.68. The van der Waals surface area contributed by atoms with Crippen LogP contribution in [-0.2, 0) is 4.74 Å². The van der Waals surface area contributed by atoms with Crippen molar-refractivity contribution in [3.63, 3.8) is 0 Å². The first kappa shape index (κ1) is 15.1. The van der Waals surface area contributed by atoms with Gasteiger partial charge in [0.1, 0.15) is 6.33 Å². The number of hydrogen-bond donors (Lipinski definition) is 1. The molecule has 1 N–H and O–H groups in total. The highest BCUT2D eigenvalue weighted by Gasteiger charge is 2.17. The van der Waals surface area contributed by atoms with Crippen LogP contribution in [0.3, 0.4) is 0 Å². The molecule has 1 aromatic heterocycles. The van der Waals surface area contributed by atoms with E-state index in [2.05, 4.69) is 21.4 Å². The van der Waals surface area contributed by atoms with Crippen molar-refractivity contribution < 1.29 is 4.74 Å². The van der Waals surface area contributed by atoms with Crippen LogP contribution >= 0.6 is 0 Å². The molecule has 0 saturated heterocycles. The standard InChI is InChI=1S/C16H25N3O/c1-20-10-9-17-12-15(14-5-3-2-4-6-14)11-16-7-8-18-13-19-16/h7-8,11,13-14,17H,2-6,9-10,12H2,1H3/b15-11-. The van der Waals surface area contributed by atoms with E-state index >= 15 is 0 Å². The van der Waals surface area contributed by atoms with Crippen LogP contribution in [0, 0.1) is 5.92 Å². The van der Waals surface area contributed by atoms with Gasteiger partial charge in [0.15, 0.2) is 0 Å². The summed E-state index contributed by atoms with van der Waals surface area (Å²) in [5.41, 5.74) is 2.48. The van der Waals surface area contributed by atoms with Gasteiger partial charge in [-0.2, -0.15) is 0 Å². The van der Waals surface area contributed by atoms with Crippen molar-refractivity contribution in [3.8, 4) is 0 Å². The monoisotopic (exact) mass is 275 g/mol. The summed E-state index contributed by atoms with van der Waals surface area (Å²) in [5.74, 6) is 0.703. The summed E-state index contributed by atoms with van der Waals surface area (Å²) in [6.45, 7) is 2.58. The Morgan fingerprint density at radius 2 is 2.25 bits per heavy atom. The highest BCUT2D eigenvalue weighted by molar-refractivity contribution is 5.49. The third kappa shape index (κ3) is 5.02. The second-order valence-corrected chi connectivity index (χ2v) is 5.36. The van der Waals surface area contributed by atoms with Crippen molar-refractivity contribution in [3.05, 3.63) is 29.9 Å². The van der Waals surface area contributed by atoms with Gasteiger partial charge in [-0.1, -0.05) is 24.8 Å². The van der Waals surface area contributed by atoms with Crippen LogP contribution in [0.25, 0.3) is 6.08 Å². The molecule has 1 heterocycles. The Hall–Kier alpha value is -1.26. The van der Waals surface area contributed by atoms with E-state index in [4.69, 9.17) is 4.74 Å². The Morgan fingerprint density at radius 3 is 2.95 bits per heavy atom. The minimum Gasteiger partial charge on any atom is -0.383 e. The zero-order chi connectivity index (χ0) is 14.0. The third-order valence-corrected chi connectivity index (χ3v) is 3.88. The molecule has 0 aromatic carbocycles. The van der Waals surface area contributed by atoms with Crippen molar-refractivity contribution in [1.82, 2.24) is 15.3 Å². The first-order valence-electron chi connectivity index (χ1n) is 7.56. The van der Waals surface area contributed by atoms with Crippen molar-refractivity contribution >= 4 is 6.08 Å². The lowest BCUT2D eigenvalue weighted by Gasteiger charge is -2.25. The molecule has 0 amide bonds. The van der Waals surface area contributed by atoms with E-state index in [1.165, 1.54) is 37.7 Å². The van der Waals surface area contributed by atoms with Gasteiger partial charge in [0, 0.05) is 26.4 Å². The van der Waals surface area contributed by atoms with Gasteiger partial charge in [0.05, 0.1) is 12.3 Å². The van der Waals surface area contributed by atoms with Gasteiger partial charge in [0.25, 0.3) is 0 Å². The number of rotatable bonds is 7. The zero-order valence-corrected chi connectivity index (χ0v) is 12.3. The van der Waals surface area contributed by atoms with Crippen LogP contribution in [0.4, 0.5) is 0 Å². The summed E-state index contributed by atoms with van der Waals surface area (Å²) in [6.07, 6.45) is 12.4. The Labute approximate surface area is 121 Å². The fourth-order valence-corrected chi connectivity index (χ4v) is 2.77. The highest BCUT2D eigenvalue weighted by atomic mass is 16.5. The molecule has 0 radical (unpaired) electrons. The molecule has 0 aliphatic heterocycles. The average molecular weight is 275 g/mol. The Morgan fingerprint density at radius 1 is 1.40 bits per heavy atom. The summed E-state index contributed by atoms with van der Waals surface area (Å²) in [6, 6.07) is 1.97. The first-order valence-corrected chi connectivity index (χ1v) is 7.56. The predicted molar refractivity (Wildman–Crippen MR) is 81.3 cm³/mol. The fraction of sp³-hybridized carbons (Fsp3) is 0.625. The van der Waals surface area contributed by atoms with Crippen molar-refractivity contribution in [2.45, 2.75) is 32.1 Å². The van der Waals surface area contributed by atoms with Crippen molar-refractivity contribution in [2.75, 3.05) is 26.8 Å². The lowest BCUT2D eigenvalue weighted by atomic mass is 9.83. The molecular formula is C16H25N3O. The van der Waals surface area contributed by atoms with E-state index in [0.717, 1.165) is 25.4 Å². The molecule has 110 valence electrons. The Balaban J connectivity index is 2.00. The van der Waals surface area contributed by atoms with Gasteiger partial charge in [-0.3, -0.25) is 0 Å². The molecule has 2 rings (SSSR count). The molecule has 0 spiro atoms. The molecule has 1 fully saturated rings. The van der Waals surface area contributed by atoms with Gasteiger partial charge in [-0.05, 0) is 30.9 Å². The number of ether oxygens (including phenoxy) is 1. The normalized spacial score (nSPS) is 17.4. The van der Waals surface area contributed by atoms with Gasteiger partial charge in [-0.25, -0.2) is 9.97 Å². The number of aromatic nitrogens is 2. The first-order chi connectivity index (χ1) is 9.90. The summed E-state index contributed by atoms with van der Waals surface area (Å²) in [5, 5.41) is 3.47. The molecular weight excluding hydrogens is 250 g/mol. The van der Waals surface area contributed by atoms with Gasteiger partial charge in [-0.15, -0.1) is 0 Å². The SMILES string of the molecule is COCCNC/C(=C/c1ccncn1)C1CCCCC1. The lowest BCUT2D eigenvalue weighted by molar-refractivity contribution is 0.200. The number of nitrogens with zero attached hydrogens (tertiary/aromatic N) is 2. The number of methoxy groups -OCH3 is 1. The molecule has 1 saturated carbocycles. The molecule has 4 nitrogen and oxygen atoms in total. The molecule has 20 heavy (non-hydrogen) atoms. The number of nitrogens with one attached hydrogen (secondary N) is 1. The fourth-order valence-electron chi connectivity index (χ4n) is 2.77. The second kappa shape index (κ2) is 8.82. The second-order valence-electron chi connectivity index (χ2n) is 5.36. The highest BCUT2D eigenvalue weighted by Crippen LogP contribution is 2.30. The smallest absolute Gasteiger partial charge is 0.115 e. The number of hydrogen-bond acceptors (Lipinski definition) is 4. The largest absolute Gasteiger partial charge is 0.383 e. The summed E-state index contributed by atoms with van der Waals surface area (Å²) in [4.78, 5) is 8.30. The Bertz CT molecular complexity index is 399. The maximum atomic E-state index is 5.08. The van der Waals surface area contributed by atoms with E-state index in [1.54, 1.807) is 19.6 Å². The molecule has 0 atom stereocenters.